The predicted octanol–water partition coefficient (Wildman–Crippen LogP) is 3.53. The highest BCUT2D eigenvalue weighted by molar-refractivity contribution is 5.94. The van der Waals surface area contributed by atoms with Gasteiger partial charge in [-0.25, -0.2) is 0 Å². The Bertz CT molecular complexity index is 729. The first kappa shape index (κ1) is 18.3. The normalized spacial score (nSPS) is 17.0. The maximum atomic E-state index is 12.7. The van der Waals surface area contributed by atoms with Crippen LogP contribution in [0.15, 0.2) is 48.5 Å². The van der Waals surface area contributed by atoms with Crippen LogP contribution in [-0.2, 0) is 11.3 Å². The first-order valence-electron chi connectivity index (χ1n) is 8.87. The molecule has 1 aliphatic rings. The zero-order valence-corrected chi connectivity index (χ0v) is 15.3. The Morgan fingerprint density at radius 2 is 1.85 bits per heavy atom. The van der Waals surface area contributed by atoms with Crippen LogP contribution in [0.4, 0.5) is 0 Å². The number of hydrogen-bond acceptors (Lipinski definition) is 4. The third kappa shape index (κ3) is 4.55. The van der Waals surface area contributed by atoms with Crippen LogP contribution >= 0.6 is 0 Å². The summed E-state index contributed by atoms with van der Waals surface area (Å²) >= 11 is 0. The molecule has 0 spiro atoms. The van der Waals surface area contributed by atoms with Gasteiger partial charge in [-0.2, -0.15) is 0 Å². The van der Waals surface area contributed by atoms with E-state index >= 15 is 0 Å². The molecule has 0 saturated carbocycles. The summed E-state index contributed by atoms with van der Waals surface area (Å²) in [5, 5.41) is 0. The summed E-state index contributed by atoms with van der Waals surface area (Å²) in [7, 11) is 3.27. The molecule has 5 heteroatoms. The molecule has 5 nitrogen and oxygen atoms in total. The molecule has 0 aliphatic carbocycles. The number of methoxy groups -OCH3 is 2. The van der Waals surface area contributed by atoms with Gasteiger partial charge in [0.15, 0.2) is 0 Å². The lowest BCUT2D eigenvalue weighted by molar-refractivity contribution is -0.00676. The summed E-state index contributed by atoms with van der Waals surface area (Å²) < 4.78 is 16.4. The average Bonchev–Trinajstić information content (AvgIpc) is 2.72. The quantitative estimate of drug-likeness (QED) is 0.795. The van der Waals surface area contributed by atoms with E-state index in [2.05, 4.69) is 0 Å². The van der Waals surface area contributed by atoms with Gasteiger partial charge < -0.3 is 19.1 Å². The summed E-state index contributed by atoms with van der Waals surface area (Å²) in [5.41, 5.74) is 1.75. The number of likely N-dealkylation sites (tertiary alicyclic amines) is 1. The molecule has 138 valence electrons. The molecule has 2 aromatic rings. The van der Waals surface area contributed by atoms with Crippen LogP contribution in [0.1, 0.15) is 28.8 Å². The zero-order valence-electron chi connectivity index (χ0n) is 15.3. The van der Waals surface area contributed by atoms with Gasteiger partial charge in [0.05, 0.1) is 26.9 Å². The van der Waals surface area contributed by atoms with Gasteiger partial charge in [-0.05, 0) is 54.8 Å². The van der Waals surface area contributed by atoms with Crippen molar-refractivity contribution in [1.82, 2.24) is 4.90 Å². The second-order valence-electron chi connectivity index (χ2n) is 6.41. The van der Waals surface area contributed by atoms with Gasteiger partial charge in [-0.3, -0.25) is 4.79 Å². The summed E-state index contributed by atoms with van der Waals surface area (Å²) in [4.78, 5) is 14.6. The number of hydrogen-bond donors (Lipinski definition) is 0. The number of piperidine rings is 1. The number of carbonyl (C=O) groups is 1. The minimum Gasteiger partial charge on any atom is -0.497 e. The fraction of sp³-hybridized carbons (Fsp3) is 0.381. The Hall–Kier alpha value is -2.53. The standard InChI is InChI=1S/C21H25NO4/c1-24-18-10-8-17(9-11-18)21(23)22-12-4-7-20(14-22)26-15-16-5-3-6-19(13-16)25-2/h3,5-6,8-11,13,20H,4,7,12,14-15H2,1-2H3. The van der Waals surface area contributed by atoms with Crippen LogP contribution in [0.25, 0.3) is 0 Å². The van der Waals surface area contributed by atoms with Crippen LogP contribution in [0.2, 0.25) is 0 Å². The molecule has 26 heavy (non-hydrogen) atoms. The van der Waals surface area contributed by atoms with Gasteiger partial charge in [0.25, 0.3) is 5.91 Å². The second-order valence-corrected chi connectivity index (χ2v) is 6.41. The number of amides is 1. The van der Waals surface area contributed by atoms with Gasteiger partial charge in [0, 0.05) is 18.7 Å². The van der Waals surface area contributed by atoms with Gasteiger partial charge >= 0.3 is 0 Å². The fourth-order valence-electron chi connectivity index (χ4n) is 3.15. The molecule has 1 fully saturated rings. The lowest BCUT2D eigenvalue weighted by atomic mass is 10.1. The van der Waals surface area contributed by atoms with Gasteiger partial charge in [0.1, 0.15) is 11.5 Å². The molecular formula is C21H25NO4. The second kappa shape index (κ2) is 8.72. The summed E-state index contributed by atoms with van der Waals surface area (Å²) in [6.45, 7) is 1.91. The summed E-state index contributed by atoms with van der Waals surface area (Å²) in [6, 6.07) is 15.1. The third-order valence-electron chi connectivity index (χ3n) is 4.62. The smallest absolute Gasteiger partial charge is 0.253 e. The van der Waals surface area contributed by atoms with Crippen LogP contribution in [-0.4, -0.2) is 44.2 Å². The highest BCUT2D eigenvalue weighted by Crippen LogP contribution is 2.20. The van der Waals surface area contributed by atoms with E-state index in [9.17, 15) is 4.79 Å². The van der Waals surface area contributed by atoms with Crippen LogP contribution in [0, 0.1) is 0 Å². The monoisotopic (exact) mass is 355 g/mol. The van der Waals surface area contributed by atoms with E-state index in [1.54, 1.807) is 14.2 Å². The minimum atomic E-state index is 0.0438. The maximum Gasteiger partial charge on any atom is 0.253 e. The van der Waals surface area contributed by atoms with Crippen molar-refractivity contribution < 1.29 is 19.0 Å². The molecule has 3 rings (SSSR count). The van der Waals surface area contributed by atoms with Crippen molar-refractivity contribution in [3.05, 3.63) is 59.7 Å². The number of rotatable bonds is 6. The molecule has 0 radical (unpaired) electrons. The van der Waals surface area contributed by atoms with E-state index in [0.717, 1.165) is 36.4 Å². The maximum absolute atomic E-state index is 12.7. The number of ether oxygens (including phenoxy) is 3. The molecule has 1 aliphatic heterocycles. The molecule has 2 aromatic carbocycles. The van der Waals surface area contributed by atoms with E-state index in [4.69, 9.17) is 14.2 Å². The van der Waals surface area contributed by atoms with E-state index in [-0.39, 0.29) is 12.0 Å². The van der Waals surface area contributed by atoms with E-state index in [0.29, 0.717) is 18.7 Å². The third-order valence-corrected chi connectivity index (χ3v) is 4.62. The number of nitrogens with zero attached hydrogens (tertiary/aromatic N) is 1. The van der Waals surface area contributed by atoms with Crippen LogP contribution < -0.4 is 9.47 Å². The lowest BCUT2D eigenvalue weighted by Gasteiger charge is -2.32. The lowest BCUT2D eigenvalue weighted by Crippen LogP contribution is -2.43. The van der Waals surface area contributed by atoms with Crippen molar-refractivity contribution in [2.45, 2.75) is 25.6 Å². The van der Waals surface area contributed by atoms with Crippen molar-refractivity contribution >= 4 is 5.91 Å². The molecule has 0 bridgehead atoms. The fourth-order valence-corrected chi connectivity index (χ4v) is 3.15. The molecule has 1 saturated heterocycles. The zero-order chi connectivity index (χ0) is 18.4. The largest absolute Gasteiger partial charge is 0.497 e. The van der Waals surface area contributed by atoms with E-state index in [1.165, 1.54) is 0 Å². The first-order chi connectivity index (χ1) is 12.7. The van der Waals surface area contributed by atoms with Crippen molar-refractivity contribution in [1.29, 1.82) is 0 Å². The Morgan fingerprint density at radius 1 is 1.08 bits per heavy atom. The predicted molar refractivity (Wildman–Crippen MR) is 99.7 cm³/mol. The van der Waals surface area contributed by atoms with Crippen LogP contribution in [0.5, 0.6) is 11.5 Å². The Balaban J connectivity index is 1.56. The first-order valence-corrected chi connectivity index (χ1v) is 8.87. The molecule has 1 heterocycles. The molecule has 1 unspecified atom stereocenters. The summed E-state index contributed by atoms with van der Waals surface area (Å²) in [5.74, 6) is 1.62. The number of benzene rings is 2. The Labute approximate surface area is 154 Å². The SMILES string of the molecule is COc1ccc(C(=O)N2CCCC(OCc3cccc(OC)c3)C2)cc1. The molecule has 1 amide bonds. The molecule has 0 aromatic heterocycles. The highest BCUT2D eigenvalue weighted by atomic mass is 16.5. The molecule has 0 N–H and O–H groups in total. The minimum absolute atomic E-state index is 0.0438. The van der Waals surface area contributed by atoms with E-state index in [1.807, 2.05) is 53.4 Å². The van der Waals surface area contributed by atoms with Crippen LogP contribution in [0.3, 0.4) is 0 Å². The highest BCUT2D eigenvalue weighted by Gasteiger charge is 2.25. The van der Waals surface area contributed by atoms with Crippen molar-refractivity contribution in [2.75, 3.05) is 27.3 Å². The van der Waals surface area contributed by atoms with Crippen molar-refractivity contribution in [3.63, 3.8) is 0 Å². The molecular weight excluding hydrogens is 330 g/mol. The van der Waals surface area contributed by atoms with Crippen molar-refractivity contribution in [2.24, 2.45) is 0 Å². The Morgan fingerprint density at radius 3 is 2.58 bits per heavy atom. The topological polar surface area (TPSA) is 48.0 Å². The van der Waals surface area contributed by atoms with Gasteiger partial charge in [0.2, 0.25) is 0 Å². The Kier molecular flexibility index (Phi) is 6.12. The number of carbonyl (C=O) groups excluding carboxylic acids is 1. The van der Waals surface area contributed by atoms with Gasteiger partial charge in [-0.15, -0.1) is 0 Å². The van der Waals surface area contributed by atoms with E-state index < -0.39 is 0 Å². The summed E-state index contributed by atoms with van der Waals surface area (Å²) in [6.07, 6.45) is 1.97. The van der Waals surface area contributed by atoms with Gasteiger partial charge in [-0.1, -0.05) is 12.1 Å². The van der Waals surface area contributed by atoms with Crippen molar-refractivity contribution in [3.8, 4) is 11.5 Å². The average molecular weight is 355 g/mol. The molecule has 1 atom stereocenters.